The summed E-state index contributed by atoms with van der Waals surface area (Å²) in [5, 5.41) is 12.6. The maximum atomic E-state index is 9.06. The number of aliphatic hydroxyl groups is 1. The summed E-state index contributed by atoms with van der Waals surface area (Å²) in [5.41, 5.74) is 0. The predicted octanol–water partition coefficient (Wildman–Crippen LogP) is 2.72. The zero-order chi connectivity index (χ0) is 11.4. The van der Waals surface area contributed by atoms with Crippen molar-refractivity contribution in [2.24, 2.45) is 5.92 Å². The van der Waals surface area contributed by atoms with Crippen molar-refractivity contribution in [3.05, 3.63) is 21.9 Å². The topological polar surface area (TPSA) is 32.3 Å². The molecule has 3 unspecified atom stereocenters. The van der Waals surface area contributed by atoms with Gasteiger partial charge in [-0.05, 0) is 38.8 Å². The van der Waals surface area contributed by atoms with Gasteiger partial charge in [0.2, 0.25) is 0 Å². The molecule has 86 valence electrons. The number of nitrogens with one attached hydrogen (secondary N) is 1. The minimum absolute atomic E-state index is 0.240. The average molecular weight is 227 g/mol. The Labute approximate surface area is 96.3 Å². The lowest BCUT2D eigenvalue weighted by molar-refractivity contribution is 0.202. The van der Waals surface area contributed by atoms with E-state index in [-0.39, 0.29) is 6.61 Å². The maximum Gasteiger partial charge on any atom is 0.0471 e. The zero-order valence-electron chi connectivity index (χ0n) is 9.95. The van der Waals surface area contributed by atoms with Crippen LogP contribution in [0.5, 0.6) is 0 Å². The summed E-state index contributed by atoms with van der Waals surface area (Å²) in [6.07, 6.45) is 0. The Kier molecular flexibility index (Phi) is 4.77. The van der Waals surface area contributed by atoms with Crippen molar-refractivity contribution < 1.29 is 5.11 Å². The van der Waals surface area contributed by atoms with Gasteiger partial charge in [-0.25, -0.2) is 0 Å². The summed E-state index contributed by atoms with van der Waals surface area (Å²) < 4.78 is 0. The molecule has 0 saturated heterocycles. The van der Waals surface area contributed by atoms with E-state index >= 15 is 0 Å². The molecule has 15 heavy (non-hydrogen) atoms. The number of rotatable bonds is 5. The molecular weight excluding hydrogens is 206 g/mol. The molecule has 0 aromatic carbocycles. The molecule has 0 bridgehead atoms. The van der Waals surface area contributed by atoms with Crippen LogP contribution < -0.4 is 5.32 Å². The smallest absolute Gasteiger partial charge is 0.0471 e. The molecule has 0 aliphatic rings. The molecule has 1 heterocycles. The summed E-state index contributed by atoms with van der Waals surface area (Å²) in [6, 6.07) is 5.03. The van der Waals surface area contributed by atoms with Gasteiger partial charge >= 0.3 is 0 Å². The van der Waals surface area contributed by atoms with Crippen LogP contribution in [0.25, 0.3) is 0 Å². The Hall–Kier alpha value is -0.380. The number of hydrogen-bond acceptors (Lipinski definition) is 3. The van der Waals surface area contributed by atoms with E-state index in [0.717, 1.165) is 0 Å². The van der Waals surface area contributed by atoms with Gasteiger partial charge < -0.3 is 10.4 Å². The molecule has 1 aromatic heterocycles. The molecule has 0 saturated carbocycles. The van der Waals surface area contributed by atoms with Gasteiger partial charge in [0.1, 0.15) is 0 Å². The second-order valence-electron chi connectivity index (χ2n) is 4.29. The summed E-state index contributed by atoms with van der Waals surface area (Å²) in [7, 11) is 0. The fourth-order valence-corrected chi connectivity index (χ4v) is 2.37. The van der Waals surface area contributed by atoms with Crippen molar-refractivity contribution in [3.63, 3.8) is 0 Å². The first kappa shape index (κ1) is 12.7. The number of hydrogen-bond donors (Lipinski definition) is 2. The van der Waals surface area contributed by atoms with Crippen molar-refractivity contribution in [2.45, 2.75) is 39.8 Å². The lowest BCUT2D eigenvalue weighted by Crippen LogP contribution is -2.35. The van der Waals surface area contributed by atoms with Crippen LogP contribution in [-0.4, -0.2) is 17.8 Å². The van der Waals surface area contributed by atoms with Crippen LogP contribution in [0.2, 0.25) is 0 Å². The van der Waals surface area contributed by atoms with Crippen LogP contribution in [0.3, 0.4) is 0 Å². The monoisotopic (exact) mass is 227 g/mol. The Balaban J connectivity index is 2.52. The predicted molar refractivity (Wildman–Crippen MR) is 66.3 cm³/mol. The van der Waals surface area contributed by atoms with Gasteiger partial charge in [-0.15, -0.1) is 11.3 Å². The molecular formula is C12H21NOS. The van der Waals surface area contributed by atoms with E-state index in [0.29, 0.717) is 18.0 Å². The van der Waals surface area contributed by atoms with Crippen LogP contribution in [0.4, 0.5) is 0 Å². The highest BCUT2D eigenvalue weighted by molar-refractivity contribution is 7.12. The molecule has 0 aliphatic heterocycles. The number of thiophene rings is 1. The third kappa shape index (κ3) is 3.59. The Morgan fingerprint density at radius 3 is 2.47 bits per heavy atom. The molecule has 0 amide bonds. The normalized spacial score (nSPS) is 17.4. The minimum Gasteiger partial charge on any atom is -0.396 e. The van der Waals surface area contributed by atoms with E-state index in [1.807, 2.05) is 11.3 Å². The van der Waals surface area contributed by atoms with E-state index in [4.69, 9.17) is 5.11 Å². The van der Waals surface area contributed by atoms with E-state index in [1.54, 1.807) is 0 Å². The Morgan fingerprint density at radius 1 is 1.33 bits per heavy atom. The first-order valence-corrected chi connectivity index (χ1v) is 6.29. The second-order valence-corrected chi connectivity index (χ2v) is 5.60. The molecule has 2 N–H and O–H groups in total. The highest BCUT2D eigenvalue weighted by Crippen LogP contribution is 2.23. The van der Waals surface area contributed by atoms with Gasteiger partial charge in [0.05, 0.1) is 0 Å². The van der Waals surface area contributed by atoms with Gasteiger partial charge in [-0.3, -0.25) is 0 Å². The molecule has 3 heteroatoms. The summed E-state index contributed by atoms with van der Waals surface area (Å²) in [4.78, 5) is 2.71. The molecule has 0 spiro atoms. The average Bonchev–Trinajstić information content (AvgIpc) is 2.63. The van der Waals surface area contributed by atoms with Crippen LogP contribution in [0, 0.1) is 12.8 Å². The third-order valence-corrected chi connectivity index (χ3v) is 4.03. The highest BCUT2D eigenvalue weighted by Gasteiger charge is 2.15. The summed E-state index contributed by atoms with van der Waals surface area (Å²) in [6.45, 7) is 8.72. The van der Waals surface area contributed by atoms with Crippen LogP contribution in [-0.2, 0) is 0 Å². The zero-order valence-corrected chi connectivity index (χ0v) is 10.8. The van der Waals surface area contributed by atoms with E-state index in [9.17, 15) is 0 Å². The standard InChI is InChI=1S/C12H21NOS/c1-8(7-14)10(3)13-11(4)12-6-5-9(2)15-12/h5-6,8,10-11,13-14H,7H2,1-4H3. The van der Waals surface area contributed by atoms with Gasteiger partial charge in [0.25, 0.3) is 0 Å². The number of aryl methyl sites for hydroxylation is 1. The fourth-order valence-electron chi connectivity index (χ4n) is 1.48. The lowest BCUT2D eigenvalue weighted by atomic mass is 10.0. The largest absolute Gasteiger partial charge is 0.396 e. The van der Waals surface area contributed by atoms with Gasteiger partial charge in [0, 0.05) is 28.4 Å². The van der Waals surface area contributed by atoms with Gasteiger partial charge in [-0.2, -0.15) is 0 Å². The molecule has 1 rings (SSSR count). The van der Waals surface area contributed by atoms with Crippen LogP contribution >= 0.6 is 11.3 Å². The molecule has 0 radical (unpaired) electrons. The van der Waals surface area contributed by atoms with Crippen LogP contribution in [0.15, 0.2) is 12.1 Å². The number of aliphatic hydroxyl groups excluding tert-OH is 1. The third-order valence-electron chi connectivity index (χ3n) is 2.84. The Morgan fingerprint density at radius 2 is 2.00 bits per heavy atom. The summed E-state index contributed by atoms with van der Waals surface area (Å²) >= 11 is 1.83. The maximum absolute atomic E-state index is 9.06. The summed E-state index contributed by atoms with van der Waals surface area (Å²) in [5.74, 6) is 0.300. The van der Waals surface area contributed by atoms with Gasteiger partial charge in [0.15, 0.2) is 0 Å². The van der Waals surface area contributed by atoms with Crippen molar-refractivity contribution in [3.8, 4) is 0 Å². The van der Waals surface area contributed by atoms with Crippen LogP contribution in [0.1, 0.15) is 36.6 Å². The van der Waals surface area contributed by atoms with E-state index < -0.39 is 0 Å². The van der Waals surface area contributed by atoms with Crippen molar-refractivity contribution >= 4 is 11.3 Å². The van der Waals surface area contributed by atoms with Crippen molar-refractivity contribution in [1.82, 2.24) is 5.32 Å². The minimum atomic E-state index is 0.240. The quantitative estimate of drug-likeness (QED) is 0.810. The highest BCUT2D eigenvalue weighted by atomic mass is 32.1. The molecule has 0 aliphatic carbocycles. The van der Waals surface area contributed by atoms with Crippen molar-refractivity contribution in [2.75, 3.05) is 6.61 Å². The van der Waals surface area contributed by atoms with Crippen molar-refractivity contribution in [1.29, 1.82) is 0 Å². The molecule has 2 nitrogen and oxygen atoms in total. The molecule has 3 atom stereocenters. The molecule has 1 aromatic rings. The second kappa shape index (κ2) is 5.64. The SMILES string of the molecule is Cc1ccc(C(C)NC(C)C(C)CO)s1. The van der Waals surface area contributed by atoms with E-state index in [2.05, 4.69) is 45.1 Å². The van der Waals surface area contributed by atoms with E-state index in [1.165, 1.54) is 9.75 Å². The Bertz CT molecular complexity index is 298. The lowest BCUT2D eigenvalue weighted by Gasteiger charge is -2.23. The van der Waals surface area contributed by atoms with Gasteiger partial charge in [-0.1, -0.05) is 6.92 Å². The first-order valence-electron chi connectivity index (χ1n) is 5.47. The molecule has 0 fully saturated rings. The first-order chi connectivity index (χ1) is 7.04. The fraction of sp³-hybridized carbons (Fsp3) is 0.667.